The van der Waals surface area contributed by atoms with E-state index in [-0.39, 0.29) is 5.56 Å². The Morgan fingerprint density at radius 2 is 1.48 bits per heavy atom. The Morgan fingerprint density at radius 3 is 2.05 bits per heavy atom. The first-order chi connectivity index (χ1) is 9.79. The molecule has 2 aromatic rings. The maximum Gasteiger partial charge on any atom is 0.169 e. The topological polar surface area (TPSA) is 9.23 Å². The first-order valence-corrected chi connectivity index (χ1v) is 5.75. The Bertz CT molecular complexity index is 730. The molecule has 108 valence electrons. The second kappa shape index (κ2) is 5.39. The van der Waals surface area contributed by atoms with E-state index in [1.54, 1.807) is 0 Å². The average Bonchev–Trinajstić information content (AvgIpc) is 2.42. The van der Waals surface area contributed by atoms with Crippen molar-refractivity contribution in [3.63, 3.8) is 0 Å². The van der Waals surface area contributed by atoms with Crippen LogP contribution in [0.5, 0.6) is 5.75 Å². The monoisotopic (exact) mass is 298 g/mol. The molecule has 2 rings (SSSR count). The van der Waals surface area contributed by atoms with Gasteiger partial charge >= 0.3 is 0 Å². The van der Waals surface area contributed by atoms with Gasteiger partial charge in [-0.2, -0.15) is 0 Å². The molecule has 0 aliphatic rings. The summed E-state index contributed by atoms with van der Waals surface area (Å²) in [6, 6.07) is 1.12. The van der Waals surface area contributed by atoms with Crippen LogP contribution in [-0.4, -0.2) is 15.0 Å². The minimum atomic E-state index is -1.59. The van der Waals surface area contributed by atoms with E-state index in [2.05, 4.69) is 4.74 Å². The van der Waals surface area contributed by atoms with Crippen LogP contribution in [0.25, 0.3) is 11.1 Å². The van der Waals surface area contributed by atoms with Crippen molar-refractivity contribution in [2.45, 2.75) is 6.92 Å². The van der Waals surface area contributed by atoms with Gasteiger partial charge in [-0.05, 0) is 24.0 Å². The normalized spacial score (nSPS) is 10.8. The highest BCUT2D eigenvalue weighted by atomic mass is 19.2. The molecule has 0 unspecified atom stereocenters. The van der Waals surface area contributed by atoms with Crippen molar-refractivity contribution in [2.24, 2.45) is 0 Å². The van der Waals surface area contributed by atoms with Crippen molar-refractivity contribution in [1.29, 1.82) is 0 Å². The molecule has 0 aliphatic carbocycles. The van der Waals surface area contributed by atoms with Crippen molar-refractivity contribution in [3.8, 4) is 16.9 Å². The van der Waals surface area contributed by atoms with Crippen LogP contribution in [0.15, 0.2) is 12.1 Å². The van der Waals surface area contributed by atoms with Crippen LogP contribution in [0.3, 0.4) is 0 Å². The highest BCUT2D eigenvalue weighted by Gasteiger charge is 2.26. The van der Waals surface area contributed by atoms with E-state index in [4.69, 9.17) is 7.85 Å². The number of ether oxygens (including phenoxy) is 1. The summed E-state index contributed by atoms with van der Waals surface area (Å²) in [6.45, 7) is 1.15. The zero-order valence-corrected chi connectivity index (χ0v) is 11.0. The van der Waals surface area contributed by atoms with Crippen molar-refractivity contribution in [2.75, 3.05) is 7.11 Å². The van der Waals surface area contributed by atoms with Crippen LogP contribution in [0.1, 0.15) is 5.56 Å². The number of benzene rings is 2. The summed E-state index contributed by atoms with van der Waals surface area (Å²) < 4.78 is 73.4. The van der Waals surface area contributed by atoms with Gasteiger partial charge < -0.3 is 4.74 Å². The van der Waals surface area contributed by atoms with E-state index < -0.39 is 51.4 Å². The summed E-state index contributed by atoms with van der Waals surface area (Å²) in [6.07, 6.45) is 0. The van der Waals surface area contributed by atoms with Gasteiger partial charge in [0.05, 0.1) is 12.7 Å². The third kappa shape index (κ3) is 2.37. The summed E-state index contributed by atoms with van der Waals surface area (Å²) in [5, 5.41) is 0. The average molecular weight is 298 g/mol. The van der Waals surface area contributed by atoms with Crippen molar-refractivity contribution in [1.82, 2.24) is 0 Å². The third-order valence-corrected chi connectivity index (χ3v) is 3.02. The van der Waals surface area contributed by atoms with Crippen LogP contribution < -0.4 is 10.2 Å². The first kappa shape index (κ1) is 15.3. The van der Waals surface area contributed by atoms with Crippen LogP contribution in [-0.2, 0) is 0 Å². The highest BCUT2D eigenvalue weighted by Crippen LogP contribution is 2.36. The van der Waals surface area contributed by atoms with Gasteiger partial charge in [-0.15, -0.1) is 0 Å². The van der Waals surface area contributed by atoms with Crippen LogP contribution in [0.2, 0.25) is 0 Å². The molecule has 0 saturated carbocycles. The van der Waals surface area contributed by atoms with Gasteiger partial charge in [-0.1, -0.05) is 0 Å². The van der Waals surface area contributed by atoms with Crippen molar-refractivity contribution >= 4 is 13.3 Å². The van der Waals surface area contributed by atoms with Gasteiger partial charge in [-0.3, -0.25) is 0 Å². The minimum absolute atomic E-state index is 0.289. The third-order valence-electron chi connectivity index (χ3n) is 3.02. The lowest BCUT2D eigenvalue weighted by molar-refractivity contribution is 0.385. The van der Waals surface area contributed by atoms with Gasteiger partial charge in [0.2, 0.25) is 0 Å². The second-order valence-corrected chi connectivity index (χ2v) is 4.34. The van der Waals surface area contributed by atoms with Gasteiger partial charge in [0, 0.05) is 11.6 Å². The number of methoxy groups -OCH3 is 1. The standard InChI is InChI=1S/C14H8BF5O/c1-5-3-6(16)9(13(20)12(5)19)10-11(15)7(17)4-8(18)14(10)21-2/h3-4H,1-2H3. The number of hydrogen-bond donors (Lipinski definition) is 0. The van der Waals surface area contributed by atoms with Crippen molar-refractivity contribution < 1.29 is 26.7 Å². The molecule has 0 N–H and O–H groups in total. The fraction of sp³-hybridized carbons (Fsp3) is 0.143. The van der Waals surface area contributed by atoms with Crippen molar-refractivity contribution in [3.05, 3.63) is 46.8 Å². The van der Waals surface area contributed by atoms with Crippen LogP contribution in [0, 0.1) is 36.0 Å². The number of aryl methyl sites for hydroxylation is 1. The molecule has 7 heteroatoms. The minimum Gasteiger partial charge on any atom is -0.493 e. The molecule has 0 amide bonds. The molecular formula is C14H8BF5O. The smallest absolute Gasteiger partial charge is 0.169 e. The van der Waals surface area contributed by atoms with E-state index in [9.17, 15) is 22.0 Å². The molecule has 0 atom stereocenters. The summed E-state index contributed by atoms with van der Waals surface area (Å²) in [4.78, 5) is 0. The lowest BCUT2D eigenvalue weighted by atomic mass is 9.85. The van der Waals surface area contributed by atoms with E-state index in [0.717, 1.165) is 14.0 Å². The number of halogens is 5. The zero-order chi connectivity index (χ0) is 15.9. The maximum atomic E-state index is 14.0. The van der Waals surface area contributed by atoms with Crippen LogP contribution in [0.4, 0.5) is 22.0 Å². The summed E-state index contributed by atoms with van der Waals surface area (Å²) in [5.74, 6) is -7.25. The summed E-state index contributed by atoms with van der Waals surface area (Å²) in [7, 11) is 6.42. The first-order valence-electron chi connectivity index (χ1n) is 5.75. The predicted octanol–water partition coefficient (Wildman–Crippen LogP) is 3.16. The van der Waals surface area contributed by atoms with E-state index in [0.29, 0.717) is 12.1 Å². The van der Waals surface area contributed by atoms with E-state index in [1.807, 2.05) is 0 Å². The molecule has 0 aliphatic heterocycles. The van der Waals surface area contributed by atoms with E-state index >= 15 is 0 Å². The lowest BCUT2D eigenvalue weighted by Crippen LogP contribution is -2.17. The molecule has 0 saturated heterocycles. The van der Waals surface area contributed by atoms with Gasteiger partial charge in [0.25, 0.3) is 0 Å². The Balaban J connectivity index is 2.95. The zero-order valence-electron chi connectivity index (χ0n) is 11.0. The molecule has 0 spiro atoms. The Hall–Kier alpha value is -2.05. The molecule has 0 aromatic heterocycles. The predicted molar refractivity (Wildman–Crippen MR) is 68.3 cm³/mol. The number of hydrogen-bond acceptors (Lipinski definition) is 1. The highest BCUT2D eigenvalue weighted by molar-refractivity contribution is 6.36. The molecule has 0 bridgehead atoms. The van der Waals surface area contributed by atoms with Gasteiger partial charge in [-0.25, -0.2) is 22.0 Å². The lowest BCUT2D eigenvalue weighted by Gasteiger charge is -2.16. The van der Waals surface area contributed by atoms with Gasteiger partial charge in [0.15, 0.2) is 23.2 Å². The largest absolute Gasteiger partial charge is 0.493 e. The molecule has 2 aromatic carbocycles. The Kier molecular flexibility index (Phi) is 3.94. The molecule has 0 fully saturated rings. The molecule has 21 heavy (non-hydrogen) atoms. The maximum absolute atomic E-state index is 14.0. The second-order valence-electron chi connectivity index (χ2n) is 4.34. The molecule has 0 heterocycles. The summed E-state index contributed by atoms with van der Waals surface area (Å²) in [5.41, 5.74) is -2.72. The quantitative estimate of drug-likeness (QED) is 0.470. The molecule has 2 radical (unpaired) electrons. The SMILES string of the molecule is [B]c1c(F)cc(F)c(OC)c1-c1c(F)cc(C)c(F)c1F. The molecule has 1 nitrogen and oxygen atoms in total. The Labute approximate surface area is 118 Å². The summed E-state index contributed by atoms with van der Waals surface area (Å²) >= 11 is 0. The molecular weight excluding hydrogens is 290 g/mol. The van der Waals surface area contributed by atoms with Crippen LogP contribution >= 0.6 is 0 Å². The van der Waals surface area contributed by atoms with E-state index in [1.165, 1.54) is 0 Å². The Morgan fingerprint density at radius 1 is 0.857 bits per heavy atom. The fourth-order valence-electron chi connectivity index (χ4n) is 2.01. The fourth-order valence-corrected chi connectivity index (χ4v) is 2.01. The van der Waals surface area contributed by atoms with Gasteiger partial charge in [0.1, 0.15) is 19.5 Å². The number of rotatable bonds is 2.